The van der Waals surface area contributed by atoms with Gasteiger partial charge in [0, 0.05) is 0 Å². The van der Waals surface area contributed by atoms with Gasteiger partial charge in [0.05, 0.1) is 5.60 Å². The smallest absolute Gasteiger partial charge is 0.0681 e. The van der Waals surface area contributed by atoms with Gasteiger partial charge < -0.3 is 5.11 Å². The van der Waals surface area contributed by atoms with Crippen LogP contribution in [-0.2, 0) is 0 Å². The fourth-order valence-corrected chi connectivity index (χ4v) is 5.01. The molecule has 0 heterocycles. The van der Waals surface area contributed by atoms with E-state index in [1.807, 2.05) is 0 Å². The molecule has 3 saturated carbocycles. The van der Waals surface area contributed by atoms with Crippen molar-refractivity contribution in [1.82, 2.24) is 0 Å². The van der Waals surface area contributed by atoms with E-state index in [0.29, 0.717) is 5.92 Å². The zero-order valence-corrected chi connectivity index (χ0v) is 9.91. The maximum atomic E-state index is 10.8. The molecule has 0 aromatic heterocycles. The van der Waals surface area contributed by atoms with Gasteiger partial charge in [0.15, 0.2) is 0 Å². The molecule has 1 N–H and O–H groups in total. The van der Waals surface area contributed by atoms with Crippen molar-refractivity contribution in [1.29, 1.82) is 0 Å². The molecule has 15 heavy (non-hydrogen) atoms. The van der Waals surface area contributed by atoms with Gasteiger partial charge in [-0.2, -0.15) is 0 Å². The van der Waals surface area contributed by atoms with Crippen molar-refractivity contribution in [3.05, 3.63) is 0 Å². The summed E-state index contributed by atoms with van der Waals surface area (Å²) < 4.78 is 0. The minimum atomic E-state index is -0.244. The average Bonchev–Trinajstić information content (AvgIpc) is 2.84. The van der Waals surface area contributed by atoms with Crippen molar-refractivity contribution in [2.24, 2.45) is 23.7 Å². The summed E-state index contributed by atoms with van der Waals surface area (Å²) in [4.78, 5) is 0. The van der Waals surface area contributed by atoms with Gasteiger partial charge >= 0.3 is 0 Å². The number of rotatable bonds is 3. The van der Waals surface area contributed by atoms with Gasteiger partial charge in [-0.05, 0) is 55.8 Å². The topological polar surface area (TPSA) is 20.2 Å². The van der Waals surface area contributed by atoms with Gasteiger partial charge in [-0.3, -0.25) is 0 Å². The van der Waals surface area contributed by atoms with Gasteiger partial charge in [0.25, 0.3) is 0 Å². The number of unbranched alkanes of at least 4 members (excludes halogenated alkanes) is 1. The first-order chi connectivity index (χ1) is 7.24. The van der Waals surface area contributed by atoms with E-state index in [1.165, 1.54) is 38.5 Å². The van der Waals surface area contributed by atoms with E-state index in [0.717, 1.165) is 30.6 Å². The van der Waals surface area contributed by atoms with Crippen LogP contribution in [0.15, 0.2) is 0 Å². The van der Waals surface area contributed by atoms with Crippen molar-refractivity contribution >= 4 is 0 Å². The van der Waals surface area contributed by atoms with Crippen LogP contribution in [0.25, 0.3) is 0 Å². The summed E-state index contributed by atoms with van der Waals surface area (Å²) in [5, 5.41) is 10.8. The number of hydrogen-bond acceptors (Lipinski definition) is 1. The fraction of sp³-hybridized carbons (Fsp3) is 1.00. The zero-order valence-electron chi connectivity index (χ0n) is 9.91. The summed E-state index contributed by atoms with van der Waals surface area (Å²) in [6.45, 7) is 2.23. The van der Waals surface area contributed by atoms with Crippen LogP contribution in [-0.4, -0.2) is 10.7 Å². The molecule has 3 fully saturated rings. The largest absolute Gasteiger partial charge is 0.390 e. The van der Waals surface area contributed by atoms with E-state index in [1.54, 1.807) is 0 Å². The molecule has 0 aliphatic heterocycles. The Morgan fingerprint density at radius 2 is 2.07 bits per heavy atom. The summed E-state index contributed by atoms with van der Waals surface area (Å²) >= 11 is 0. The van der Waals surface area contributed by atoms with E-state index in [2.05, 4.69) is 6.92 Å². The first-order valence-electron chi connectivity index (χ1n) is 6.97. The standard InChI is InChI=1S/C14H24O/c1-2-3-7-14(15)9-10-8-13(14)12-6-4-5-11(10)12/h10-13,15H,2-9H2,1H3. The lowest BCUT2D eigenvalue weighted by Crippen LogP contribution is -2.41. The molecular weight excluding hydrogens is 184 g/mol. The molecule has 2 bridgehead atoms. The molecule has 1 nitrogen and oxygen atoms in total. The lowest BCUT2D eigenvalue weighted by Gasteiger charge is -2.39. The Balaban J connectivity index is 1.74. The van der Waals surface area contributed by atoms with Crippen LogP contribution >= 0.6 is 0 Å². The second kappa shape index (κ2) is 3.48. The normalized spacial score (nSPS) is 52.4. The Morgan fingerprint density at radius 3 is 2.87 bits per heavy atom. The highest BCUT2D eigenvalue weighted by atomic mass is 16.3. The minimum Gasteiger partial charge on any atom is -0.390 e. The van der Waals surface area contributed by atoms with Gasteiger partial charge in [0.1, 0.15) is 0 Å². The van der Waals surface area contributed by atoms with Crippen LogP contribution in [0.4, 0.5) is 0 Å². The van der Waals surface area contributed by atoms with Crippen LogP contribution < -0.4 is 0 Å². The predicted molar refractivity (Wildman–Crippen MR) is 61.5 cm³/mol. The Labute approximate surface area is 93.3 Å². The molecule has 0 amide bonds. The van der Waals surface area contributed by atoms with Gasteiger partial charge in [0.2, 0.25) is 0 Å². The van der Waals surface area contributed by atoms with Gasteiger partial charge in [-0.1, -0.05) is 26.2 Å². The third-order valence-corrected chi connectivity index (χ3v) is 5.57. The first kappa shape index (κ1) is 10.1. The van der Waals surface area contributed by atoms with E-state index in [-0.39, 0.29) is 5.60 Å². The summed E-state index contributed by atoms with van der Waals surface area (Å²) in [5.74, 6) is 3.49. The third-order valence-electron chi connectivity index (χ3n) is 5.57. The molecule has 0 aromatic rings. The third kappa shape index (κ3) is 1.39. The molecule has 5 atom stereocenters. The van der Waals surface area contributed by atoms with Crippen molar-refractivity contribution in [3.8, 4) is 0 Å². The van der Waals surface area contributed by atoms with Crippen molar-refractivity contribution in [2.75, 3.05) is 0 Å². The van der Waals surface area contributed by atoms with Gasteiger partial charge in [-0.25, -0.2) is 0 Å². The highest BCUT2D eigenvalue weighted by molar-refractivity contribution is 5.09. The highest BCUT2D eigenvalue weighted by Gasteiger charge is 2.59. The highest BCUT2D eigenvalue weighted by Crippen LogP contribution is 2.63. The molecule has 1 heteroatoms. The van der Waals surface area contributed by atoms with Crippen LogP contribution in [0.1, 0.15) is 58.3 Å². The monoisotopic (exact) mass is 208 g/mol. The maximum absolute atomic E-state index is 10.8. The maximum Gasteiger partial charge on any atom is 0.0681 e. The van der Waals surface area contributed by atoms with E-state index < -0.39 is 0 Å². The molecule has 0 aromatic carbocycles. The molecule has 0 saturated heterocycles. The number of aliphatic hydroxyl groups is 1. The zero-order chi connectivity index (χ0) is 10.5. The Kier molecular flexibility index (Phi) is 2.35. The lowest BCUT2D eigenvalue weighted by atomic mass is 9.71. The molecular formula is C14H24O. The molecule has 3 aliphatic carbocycles. The fourth-order valence-electron chi connectivity index (χ4n) is 5.01. The van der Waals surface area contributed by atoms with Crippen molar-refractivity contribution < 1.29 is 5.11 Å². The Bertz CT molecular complexity index is 250. The first-order valence-corrected chi connectivity index (χ1v) is 6.97. The van der Waals surface area contributed by atoms with E-state index in [4.69, 9.17) is 0 Å². The summed E-state index contributed by atoms with van der Waals surface area (Å²) in [6, 6.07) is 0. The Morgan fingerprint density at radius 1 is 1.27 bits per heavy atom. The van der Waals surface area contributed by atoms with E-state index in [9.17, 15) is 5.11 Å². The molecule has 0 spiro atoms. The summed E-state index contributed by atoms with van der Waals surface area (Å²) in [6.07, 6.45) is 10.3. The van der Waals surface area contributed by atoms with E-state index >= 15 is 0 Å². The lowest BCUT2D eigenvalue weighted by molar-refractivity contribution is -0.0532. The summed E-state index contributed by atoms with van der Waals surface area (Å²) in [7, 11) is 0. The second-order valence-electron chi connectivity index (χ2n) is 6.27. The van der Waals surface area contributed by atoms with Crippen LogP contribution in [0.3, 0.4) is 0 Å². The van der Waals surface area contributed by atoms with Gasteiger partial charge in [-0.15, -0.1) is 0 Å². The SMILES string of the molecule is CCCCC1(O)CC2CC1C1CCCC21. The Hall–Kier alpha value is -0.0400. The second-order valence-corrected chi connectivity index (χ2v) is 6.27. The molecule has 86 valence electrons. The molecule has 3 rings (SSSR count). The molecule has 0 radical (unpaired) electrons. The predicted octanol–water partition coefficient (Wildman–Crippen LogP) is 3.36. The average molecular weight is 208 g/mol. The van der Waals surface area contributed by atoms with Crippen molar-refractivity contribution in [2.45, 2.75) is 63.9 Å². The quantitative estimate of drug-likeness (QED) is 0.754. The minimum absolute atomic E-state index is 0.244. The number of hydrogen-bond donors (Lipinski definition) is 1. The summed E-state index contributed by atoms with van der Waals surface area (Å²) in [5.41, 5.74) is -0.244. The van der Waals surface area contributed by atoms with Crippen LogP contribution in [0, 0.1) is 23.7 Å². The molecule has 5 unspecified atom stereocenters. The van der Waals surface area contributed by atoms with Crippen molar-refractivity contribution in [3.63, 3.8) is 0 Å². The van der Waals surface area contributed by atoms with Crippen LogP contribution in [0.2, 0.25) is 0 Å². The number of fused-ring (bicyclic) bond motifs is 5. The van der Waals surface area contributed by atoms with Crippen LogP contribution in [0.5, 0.6) is 0 Å². The molecule has 3 aliphatic rings.